The van der Waals surface area contributed by atoms with Gasteiger partial charge in [0.15, 0.2) is 0 Å². The van der Waals surface area contributed by atoms with E-state index >= 15 is 4.39 Å². The molecular weight excluding hydrogens is 417 g/mol. The van der Waals surface area contributed by atoms with Crippen molar-refractivity contribution in [3.8, 4) is 5.69 Å². The van der Waals surface area contributed by atoms with Crippen molar-refractivity contribution in [2.24, 2.45) is 0 Å². The zero-order valence-electron chi connectivity index (χ0n) is 18.9. The molecule has 1 aromatic carbocycles. The Hall–Kier alpha value is -3.10. The third kappa shape index (κ3) is 5.12. The molecule has 0 radical (unpaired) electrons. The van der Waals surface area contributed by atoms with Crippen molar-refractivity contribution in [1.82, 2.24) is 34.5 Å². The largest absolute Gasteiger partial charge is 0.361 e. The summed E-state index contributed by atoms with van der Waals surface area (Å²) in [6.07, 6.45) is 6.63. The number of hydrogen-bond donors (Lipinski definition) is 1. The summed E-state index contributed by atoms with van der Waals surface area (Å²) in [5.74, 6) is 0.400. The van der Waals surface area contributed by atoms with Crippen LogP contribution in [0.5, 0.6) is 0 Å². The lowest BCUT2D eigenvalue weighted by molar-refractivity contribution is 0.103. The van der Waals surface area contributed by atoms with E-state index < -0.39 is 6.17 Å². The number of nitrogens with one attached hydrogen (secondary N) is 1. The Morgan fingerprint density at radius 2 is 1.76 bits per heavy atom. The molecule has 4 aromatic rings. The number of fused-ring (bicyclic) bond motifs is 1. The van der Waals surface area contributed by atoms with Gasteiger partial charge < -0.3 is 9.88 Å². The fraction of sp³-hybridized carbons (Fsp3) is 0.400. The number of halogens is 1. The van der Waals surface area contributed by atoms with E-state index in [0.29, 0.717) is 18.9 Å². The standard InChI is InChI=1S/C25H30FN7/c1-19(24-4-2-3-7-27-24)15-31-8-10-32(11-9-31)16-21(26)12-20-14-28-25-6-5-22(13-23(20)25)33-17-29-30-18-33/h2-7,13-14,17-19,21,28H,8-12,15-16H2,1H3/t19-,21-/m1/s1. The average molecular weight is 448 g/mol. The molecule has 1 aliphatic heterocycles. The van der Waals surface area contributed by atoms with Crippen molar-refractivity contribution in [1.29, 1.82) is 0 Å². The molecule has 8 heteroatoms. The highest BCUT2D eigenvalue weighted by atomic mass is 19.1. The number of alkyl halides is 1. The van der Waals surface area contributed by atoms with Gasteiger partial charge in [-0.15, -0.1) is 10.2 Å². The van der Waals surface area contributed by atoms with E-state index in [-0.39, 0.29) is 0 Å². The van der Waals surface area contributed by atoms with E-state index in [1.807, 2.05) is 41.2 Å². The second kappa shape index (κ2) is 9.80. The molecule has 33 heavy (non-hydrogen) atoms. The fourth-order valence-electron chi connectivity index (χ4n) is 4.72. The smallest absolute Gasteiger partial charge is 0.123 e. The number of hydrogen-bond acceptors (Lipinski definition) is 5. The summed E-state index contributed by atoms with van der Waals surface area (Å²) in [6, 6.07) is 12.2. The molecule has 3 aromatic heterocycles. The second-order valence-corrected chi connectivity index (χ2v) is 8.97. The van der Waals surface area contributed by atoms with Crippen LogP contribution in [-0.4, -0.2) is 80.0 Å². The number of benzene rings is 1. The predicted molar refractivity (Wildman–Crippen MR) is 127 cm³/mol. The fourth-order valence-corrected chi connectivity index (χ4v) is 4.72. The molecule has 0 unspecified atom stereocenters. The highest BCUT2D eigenvalue weighted by Crippen LogP contribution is 2.24. The third-order valence-electron chi connectivity index (χ3n) is 6.56. The highest BCUT2D eigenvalue weighted by Gasteiger charge is 2.22. The van der Waals surface area contributed by atoms with Gasteiger partial charge in [-0.05, 0) is 35.9 Å². The lowest BCUT2D eigenvalue weighted by Crippen LogP contribution is -2.49. The Balaban J connectivity index is 1.14. The van der Waals surface area contributed by atoms with Crippen molar-refractivity contribution in [3.05, 3.63) is 72.7 Å². The van der Waals surface area contributed by atoms with Gasteiger partial charge in [-0.1, -0.05) is 13.0 Å². The lowest BCUT2D eigenvalue weighted by Gasteiger charge is -2.36. The lowest BCUT2D eigenvalue weighted by atomic mass is 10.1. The summed E-state index contributed by atoms with van der Waals surface area (Å²) in [4.78, 5) is 12.5. The van der Waals surface area contributed by atoms with Crippen molar-refractivity contribution < 1.29 is 4.39 Å². The molecule has 1 fully saturated rings. The second-order valence-electron chi connectivity index (χ2n) is 8.97. The van der Waals surface area contributed by atoms with Crippen LogP contribution < -0.4 is 0 Å². The summed E-state index contributed by atoms with van der Waals surface area (Å²) in [5.41, 5.74) is 4.13. The van der Waals surface area contributed by atoms with Gasteiger partial charge in [0.25, 0.3) is 0 Å². The number of rotatable bonds is 8. The van der Waals surface area contributed by atoms with Crippen LogP contribution in [-0.2, 0) is 6.42 Å². The topological polar surface area (TPSA) is 65.9 Å². The van der Waals surface area contributed by atoms with Gasteiger partial charge in [0, 0.05) is 86.3 Å². The Kier molecular flexibility index (Phi) is 6.46. The number of pyridine rings is 1. The maximum Gasteiger partial charge on any atom is 0.123 e. The first-order chi connectivity index (χ1) is 16.2. The van der Waals surface area contributed by atoms with Crippen LogP contribution in [0.4, 0.5) is 4.39 Å². The minimum atomic E-state index is -0.901. The number of nitrogens with zero attached hydrogens (tertiary/aromatic N) is 6. The van der Waals surface area contributed by atoms with Crippen LogP contribution in [0.2, 0.25) is 0 Å². The molecule has 172 valence electrons. The van der Waals surface area contributed by atoms with E-state index in [2.05, 4.69) is 49.0 Å². The molecule has 7 nitrogen and oxygen atoms in total. The number of piperazine rings is 1. The first kappa shape index (κ1) is 21.7. The van der Waals surface area contributed by atoms with Crippen molar-refractivity contribution in [2.75, 3.05) is 39.3 Å². The van der Waals surface area contributed by atoms with Gasteiger partial charge in [0.05, 0.1) is 0 Å². The molecule has 0 aliphatic carbocycles. The number of H-pyrrole nitrogens is 1. The third-order valence-corrected chi connectivity index (χ3v) is 6.56. The van der Waals surface area contributed by atoms with Gasteiger partial charge in [-0.25, -0.2) is 4.39 Å². The van der Waals surface area contributed by atoms with Crippen LogP contribution in [0, 0.1) is 0 Å². The molecule has 1 N–H and O–H groups in total. The normalized spacial score (nSPS) is 17.4. The van der Waals surface area contributed by atoms with E-state index in [1.165, 1.54) is 0 Å². The summed E-state index contributed by atoms with van der Waals surface area (Å²) in [7, 11) is 0. The molecule has 1 saturated heterocycles. The van der Waals surface area contributed by atoms with Crippen molar-refractivity contribution in [2.45, 2.75) is 25.4 Å². The zero-order chi connectivity index (χ0) is 22.6. The quantitative estimate of drug-likeness (QED) is 0.448. The molecule has 0 bridgehead atoms. The monoisotopic (exact) mass is 447 g/mol. The predicted octanol–water partition coefficient (Wildman–Crippen LogP) is 3.45. The summed E-state index contributed by atoms with van der Waals surface area (Å²) >= 11 is 0. The Morgan fingerprint density at radius 3 is 2.48 bits per heavy atom. The Morgan fingerprint density at radius 1 is 1.00 bits per heavy atom. The minimum absolute atomic E-state index is 0.400. The van der Waals surface area contributed by atoms with Crippen LogP contribution >= 0.6 is 0 Å². The van der Waals surface area contributed by atoms with Crippen LogP contribution in [0.15, 0.2) is 61.4 Å². The van der Waals surface area contributed by atoms with E-state index in [4.69, 9.17) is 0 Å². The minimum Gasteiger partial charge on any atom is -0.361 e. The molecule has 2 atom stereocenters. The van der Waals surface area contributed by atoms with Gasteiger partial charge >= 0.3 is 0 Å². The summed E-state index contributed by atoms with van der Waals surface area (Å²) < 4.78 is 16.9. The average Bonchev–Trinajstić information content (AvgIpc) is 3.51. The Bertz CT molecular complexity index is 1150. The van der Waals surface area contributed by atoms with Gasteiger partial charge in [-0.2, -0.15) is 0 Å². The van der Waals surface area contributed by atoms with Gasteiger partial charge in [-0.3, -0.25) is 14.5 Å². The van der Waals surface area contributed by atoms with E-state index in [1.54, 1.807) is 12.7 Å². The zero-order valence-corrected chi connectivity index (χ0v) is 18.9. The first-order valence-electron chi connectivity index (χ1n) is 11.6. The first-order valence-corrected chi connectivity index (χ1v) is 11.6. The van der Waals surface area contributed by atoms with Crippen LogP contribution in [0.1, 0.15) is 24.1 Å². The highest BCUT2D eigenvalue weighted by molar-refractivity contribution is 5.85. The maximum atomic E-state index is 15.1. The van der Waals surface area contributed by atoms with Gasteiger partial charge in [0.2, 0.25) is 0 Å². The molecule has 5 rings (SSSR count). The van der Waals surface area contributed by atoms with Crippen molar-refractivity contribution in [3.63, 3.8) is 0 Å². The molecular formula is C25H30FN7. The molecule has 0 amide bonds. The molecule has 1 aliphatic rings. The Labute approximate surface area is 193 Å². The molecule has 0 spiro atoms. The van der Waals surface area contributed by atoms with E-state index in [9.17, 15) is 0 Å². The number of aromatic nitrogens is 5. The van der Waals surface area contributed by atoms with Crippen LogP contribution in [0.3, 0.4) is 0 Å². The van der Waals surface area contributed by atoms with Gasteiger partial charge in [0.1, 0.15) is 18.8 Å². The number of aromatic amines is 1. The summed E-state index contributed by atoms with van der Waals surface area (Å²) in [5, 5.41) is 8.80. The van der Waals surface area contributed by atoms with E-state index in [0.717, 1.165) is 60.6 Å². The molecule has 4 heterocycles. The van der Waals surface area contributed by atoms with Crippen LogP contribution in [0.25, 0.3) is 16.6 Å². The SMILES string of the molecule is C[C@H](CN1CCN(C[C@H](F)Cc2c[nH]c3ccc(-n4cnnc4)cc23)CC1)c1ccccn1. The molecule has 0 saturated carbocycles. The maximum absolute atomic E-state index is 15.1. The summed E-state index contributed by atoms with van der Waals surface area (Å²) in [6.45, 7) is 7.44. The van der Waals surface area contributed by atoms with Crippen molar-refractivity contribution >= 4 is 10.9 Å².